The first kappa shape index (κ1) is 11.2. The summed E-state index contributed by atoms with van der Waals surface area (Å²) in [4.78, 5) is 21.9. The van der Waals surface area contributed by atoms with E-state index in [9.17, 15) is 14.8 Å². The number of anilines is 1. The molecule has 0 unspecified atom stereocenters. The van der Waals surface area contributed by atoms with E-state index in [1.165, 1.54) is 38.3 Å². The van der Waals surface area contributed by atoms with Crippen molar-refractivity contribution in [3.05, 3.63) is 29.8 Å². The normalized spacial score (nSPS) is 9.53. The van der Waals surface area contributed by atoms with Crippen molar-refractivity contribution in [2.75, 3.05) is 12.2 Å². The first-order valence-electron chi connectivity index (χ1n) is 4.24. The van der Waals surface area contributed by atoms with Crippen LogP contribution in [0.5, 0.6) is 0 Å². The van der Waals surface area contributed by atoms with Crippen LogP contribution in [-0.2, 0) is 9.53 Å². The van der Waals surface area contributed by atoms with Crippen LogP contribution in [0.15, 0.2) is 24.3 Å². The van der Waals surface area contributed by atoms with E-state index in [2.05, 4.69) is 4.74 Å². The van der Waals surface area contributed by atoms with Gasteiger partial charge in [-0.2, -0.15) is 5.06 Å². The number of carbonyl (C=O) groups is 2. The number of methoxy groups -OCH3 is 1. The molecule has 0 aromatic heterocycles. The Morgan fingerprint density at radius 3 is 2.20 bits per heavy atom. The Balaban J connectivity index is 2.90. The van der Waals surface area contributed by atoms with Crippen molar-refractivity contribution in [2.24, 2.45) is 0 Å². The molecular formula is C10H11NO4. The molecule has 0 heterocycles. The molecule has 1 aromatic rings. The molecule has 0 aliphatic rings. The number of ether oxygens (including phenoxy) is 1. The Bertz CT molecular complexity index is 372. The van der Waals surface area contributed by atoms with E-state index in [-0.39, 0.29) is 0 Å². The van der Waals surface area contributed by atoms with Gasteiger partial charge in [0.1, 0.15) is 0 Å². The lowest BCUT2D eigenvalue weighted by atomic mass is 10.2. The molecule has 15 heavy (non-hydrogen) atoms. The maximum absolute atomic E-state index is 11.1. The number of rotatable bonds is 2. The molecule has 0 saturated heterocycles. The van der Waals surface area contributed by atoms with Crippen molar-refractivity contribution in [3.63, 3.8) is 0 Å². The number of amides is 1. The Kier molecular flexibility index (Phi) is 3.41. The first-order valence-corrected chi connectivity index (χ1v) is 4.24. The highest BCUT2D eigenvalue weighted by molar-refractivity contribution is 5.92. The second-order valence-electron chi connectivity index (χ2n) is 2.87. The number of benzene rings is 1. The van der Waals surface area contributed by atoms with Gasteiger partial charge in [0.05, 0.1) is 18.4 Å². The molecule has 0 fully saturated rings. The fourth-order valence-corrected chi connectivity index (χ4v) is 1.04. The third-order valence-electron chi connectivity index (χ3n) is 1.83. The molecule has 1 aromatic carbocycles. The summed E-state index contributed by atoms with van der Waals surface area (Å²) in [7, 11) is 1.28. The number of esters is 1. The molecular weight excluding hydrogens is 198 g/mol. The lowest BCUT2D eigenvalue weighted by Gasteiger charge is -2.12. The molecule has 1 amide bonds. The maximum atomic E-state index is 11.1. The third kappa shape index (κ3) is 2.54. The van der Waals surface area contributed by atoms with Gasteiger partial charge in [-0.3, -0.25) is 10.0 Å². The largest absolute Gasteiger partial charge is 0.465 e. The minimum absolute atomic E-state index is 0.301. The summed E-state index contributed by atoms with van der Waals surface area (Å²) in [5, 5.41) is 9.75. The van der Waals surface area contributed by atoms with Crippen LogP contribution in [0.1, 0.15) is 17.3 Å². The number of carbonyl (C=O) groups excluding carboxylic acids is 2. The molecule has 0 bridgehead atoms. The summed E-state index contributed by atoms with van der Waals surface area (Å²) in [6, 6.07) is 5.84. The van der Waals surface area contributed by atoms with E-state index < -0.39 is 11.9 Å². The number of nitrogens with zero attached hydrogens (tertiary/aromatic N) is 1. The number of hydrogen-bond acceptors (Lipinski definition) is 4. The zero-order chi connectivity index (χ0) is 11.4. The molecule has 5 heteroatoms. The van der Waals surface area contributed by atoms with E-state index in [0.29, 0.717) is 16.3 Å². The van der Waals surface area contributed by atoms with Crippen LogP contribution in [0.25, 0.3) is 0 Å². The highest BCUT2D eigenvalue weighted by Crippen LogP contribution is 2.14. The van der Waals surface area contributed by atoms with Crippen molar-refractivity contribution in [1.29, 1.82) is 0 Å². The molecule has 0 aliphatic heterocycles. The van der Waals surface area contributed by atoms with Crippen LogP contribution in [0, 0.1) is 0 Å². The van der Waals surface area contributed by atoms with E-state index in [1.54, 1.807) is 0 Å². The molecule has 0 radical (unpaired) electrons. The second-order valence-corrected chi connectivity index (χ2v) is 2.87. The number of hydroxylamine groups is 1. The summed E-state index contributed by atoms with van der Waals surface area (Å²) < 4.78 is 4.50. The van der Waals surface area contributed by atoms with Crippen molar-refractivity contribution in [1.82, 2.24) is 0 Å². The highest BCUT2D eigenvalue weighted by Gasteiger charge is 2.09. The first-order chi connectivity index (χ1) is 7.06. The average molecular weight is 209 g/mol. The van der Waals surface area contributed by atoms with Gasteiger partial charge in [-0.05, 0) is 24.3 Å². The lowest BCUT2D eigenvalue weighted by molar-refractivity contribution is -0.121. The Morgan fingerprint density at radius 1 is 1.27 bits per heavy atom. The van der Waals surface area contributed by atoms with E-state index >= 15 is 0 Å². The van der Waals surface area contributed by atoms with Crippen molar-refractivity contribution >= 4 is 17.6 Å². The van der Waals surface area contributed by atoms with Gasteiger partial charge in [0.2, 0.25) is 5.91 Å². The molecule has 80 valence electrons. The zero-order valence-electron chi connectivity index (χ0n) is 8.43. The zero-order valence-corrected chi connectivity index (χ0v) is 8.43. The summed E-state index contributed by atoms with van der Waals surface area (Å²) in [6.45, 7) is 1.23. The third-order valence-corrected chi connectivity index (χ3v) is 1.83. The van der Waals surface area contributed by atoms with E-state index in [0.717, 1.165) is 0 Å². The Morgan fingerprint density at radius 2 is 1.80 bits per heavy atom. The summed E-state index contributed by atoms with van der Waals surface area (Å²) in [6.07, 6.45) is 0. The minimum atomic E-state index is -0.499. The Hall–Kier alpha value is -1.88. The Labute approximate surface area is 86.8 Å². The molecule has 0 spiro atoms. The fourth-order valence-electron chi connectivity index (χ4n) is 1.04. The van der Waals surface area contributed by atoms with Gasteiger partial charge in [-0.15, -0.1) is 0 Å². The predicted octanol–water partition coefficient (Wildman–Crippen LogP) is 1.22. The molecule has 1 N–H and O–H groups in total. The standard InChI is InChI=1S/C10H11NO4/c1-7(12)11(14)9-5-3-8(4-6-9)10(13)15-2/h3-6,14H,1-2H3. The molecule has 0 atom stereocenters. The SMILES string of the molecule is COC(=O)c1ccc(N(O)C(C)=O)cc1. The average Bonchev–Trinajstić information content (AvgIpc) is 2.27. The van der Waals surface area contributed by atoms with Crippen LogP contribution < -0.4 is 5.06 Å². The van der Waals surface area contributed by atoms with Gasteiger partial charge in [-0.25, -0.2) is 4.79 Å². The monoisotopic (exact) mass is 209 g/mol. The van der Waals surface area contributed by atoms with Crippen LogP contribution in [0.2, 0.25) is 0 Å². The van der Waals surface area contributed by atoms with Crippen LogP contribution in [0.3, 0.4) is 0 Å². The van der Waals surface area contributed by atoms with Gasteiger partial charge in [0, 0.05) is 6.92 Å². The van der Waals surface area contributed by atoms with Gasteiger partial charge in [0.25, 0.3) is 0 Å². The molecule has 0 aliphatic carbocycles. The van der Waals surface area contributed by atoms with Gasteiger partial charge >= 0.3 is 5.97 Å². The molecule has 0 saturated carbocycles. The summed E-state index contributed by atoms with van der Waals surface area (Å²) in [5.41, 5.74) is 0.661. The summed E-state index contributed by atoms with van der Waals surface area (Å²) in [5.74, 6) is -0.963. The quantitative estimate of drug-likeness (QED) is 0.451. The lowest BCUT2D eigenvalue weighted by Crippen LogP contribution is -2.23. The summed E-state index contributed by atoms with van der Waals surface area (Å²) >= 11 is 0. The van der Waals surface area contributed by atoms with Crippen LogP contribution in [0.4, 0.5) is 5.69 Å². The molecule has 5 nitrogen and oxygen atoms in total. The van der Waals surface area contributed by atoms with Crippen molar-refractivity contribution in [3.8, 4) is 0 Å². The smallest absolute Gasteiger partial charge is 0.337 e. The molecule has 1 rings (SSSR count). The van der Waals surface area contributed by atoms with E-state index in [4.69, 9.17) is 0 Å². The van der Waals surface area contributed by atoms with Crippen molar-refractivity contribution in [2.45, 2.75) is 6.92 Å². The van der Waals surface area contributed by atoms with Crippen LogP contribution >= 0.6 is 0 Å². The second kappa shape index (κ2) is 4.56. The van der Waals surface area contributed by atoms with E-state index in [1.807, 2.05) is 0 Å². The predicted molar refractivity (Wildman–Crippen MR) is 52.7 cm³/mol. The highest BCUT2D eigenvalue weighted by atomic mass is 16.5. The van der Waals surface area contributed by atoms with Crippen molar-refractivity contribution < 1.29 is 19.5 Å². The van der Waals surface area contributed by atoms with Crippen LogP contribution in [-0.4, -0.2) is 24.2 Å². The maximum Gasteiger partial charge on any atom is 0.337 e. The van der Waals surface area contributed by atoms with Gasteiger partial charge in [-0.1, -0.05) is 0 Å². The minimum Gasteiger partial charge on any atom is -0.465 e. The number of hydrogen-bond donors (Lipinski definition) is 1. The van der Waals surface area contributed by atoms with Gasteiger partial charge in [0.15, 0.2) is 0 Å². The van der Waals surface area contributed by atoms with Gasteiger partial charge < -0.3 is 4.74 Å². The fraction of sp³-hybridized carbons (Fsp3) is 0.200. The topological polar surface area (TPSA) is 66.8 Å².